The molecule has 0 heterocycles. The van der Waals surface area contributed by atoms with E-state index in [0.717, 1.165) is 9.87 Å². The fourth-order valence-electron chi connectivity index (χ4n) is 2.13. The van der Waals surface area contributed by atoms with Gasteiger partial charge in [-0.15, -0.1) is 0 Å². The van der Waals surface area contributed by atoms with Crippen molar-refractivity contribution < 1.29 is 17.9 Å². The van der Waals surface area contributed by atoms with Crippen molar-refractivity contribution in [3.8, 4) is 0 Å². The van der Waals surface area contributed by atoms with Gasteiger partial charge in [0.05, 0.1) is 4.90 Å². The number of carbonyl (C=O) groups is 1. The Morgan fingerprint density at radius 3 is 2.33 bits per heavy atom. The monoisotopic (exact) mass is 347 g/mol. The Labute approximate surface area is 142 Å². The molecule has 0 aliphatic heterocycles. The number of hydrogen-bond donors (Lipinski definition) is 0. The smallest absolute Gasteiger partial charge is 0.306 e. The highest BCUT2D eigenvalue weighted by Crippen LogP contribution is 2.15. The summed E-state index contributed by atoms with van der Waals surface area (Å²) < 4.78 is 30.6. The summed E-state index contributed by atoms with van der Waals surface area (Å²) in [5.41, 5.74) is 1.72. The number of esters is 1. The number of rotatable bonds is 7. The molecule has 0 bridgehead atoms. The standard InChI is InChI=1S/C18H21NO4S/c1-19(2)24(21,22)17-10-6-9-16(13-17)14-23-18(20)12-11-15-7-4-3-5-8-15/h3-10,13H,11-12,14H2,1-2H3. The SMILES string of the molecule is CN(C)S(=O)(=O)c1cccc(COC(=O)CCc2ccccc2)c1. The first-order valence-corrected chi connectivity index (χ1v) is 9.04. The van der Waals surface area contributed by atoms with Gasteiger partial charge in [-0.3, -0.25) is 4.79 Å². The Morgan fingerprint density at radius 1 is 1.00 bits per heavy atom. The molecule has 0 saturated carbocycles. The maximum absolute atomic E-state index is 12.1. The van der Waals surface area contributed by atoms with Crippen LogP contribution in [0.15, 0.2) is 59.5 Å². The first-order valence-electron chi connectivity index (χ1n) is 7.60. The summed E-state index contributed by atoms with van der Waals surface area (Å²) in [6.45, 7) is 0.0599. The minimum atomic E-state index is -3.49. The molecular formula is C18H21NO4S. The largest absolute Gasteiger partial charge is 0.461 e. The van der Waals surface area contributed by atoms with Gasteiger partial charge in [-0.25, -0.2) is 12.7 Å². The van der Waals surface area contributed by atoms with E-state index in [0.29, 0.717) is 18.4 Å². The molecule has 0 radical (unpaired) electrons. The third kappa shape index (κ3) is 4.91. The van der Waals surface area contributed by atoms with Crippen LogP contribution in [0.3, 0.4) is 0 Å². The zero-order valence-electron chi connectivity index (χ0n) is 13.8. The lowest BCUT2D eigenvalue weighted by atomic mass is 10.1. The van der Waals surface area contributed by atoms with Gasteiger partial charge in [-0.1, -0.05) is 42.5 Å². The lowest BCUT2D eigenvalue weighted by molar-refractivity contribution is -0.144. The van der Waals surface area contributed by atoms with Crippen molar-refractivity contribution in [3.63, 3.8) is 0 Å². The number of carbonyl (C=O) groups excluding carboxylic acids is 1. The summed E-state index contributed by atoms with van der Waals surface area (Å²) in [5.74, 6) is -0.306. The van der Waals surface area contributed by atoms with Crippen LogP contribution in [0.25, 0.3) is 0 Å². The number of hydrogen-bond acceptors (Lipinski definition) is 4. The van der Waals surface area contributed by atoms with Gasteiger partial charge in [0, 0.05) is 20.5 Å². The zero-order chi connectivity index (χ0) is 17.6. The maximum atomic E-state index is 12.1. The highest BCUT2D eigenvalue weighted by molar-refractivity contribution is 7.89. The normalized spacial score (nSPS) is 11.5. The van der Waals surface area contributed by atoms with Gasteiger partial charge in [-0.2, -0.15) is 0 Å². The summed E-state index contributed by atoms with van der Waals surface area (Å²) in [4.78, 5) is 12.0. The summed E-state index contributed by atoms with van der Waals surface area (Å²) in [7, 11) is -0.536. The first kappa shape index (κ1) is 18.2. The average Bonchev–Trinajstić information content (AvgIpc) is 2.59. The van der Waals surface area contributed by atoms with Crippen molar-refractivity contribution in [2.75, 3.05) is 14.1 Å². The molecule has 0 aromatic heterocycles. The van der Waals surface area contributed by atoms with E-state index in [1.807, 2.05) is 30.3 Å². The van der Waals surface area contributed by atoms with Crippen molar-refractivity contribution in [2.24, 2.45) is 0 Å². The molecule has 0 atom stereocenters. The molecule has 0 N–H and O–H groups in total. The Kier molecular flexibility index (Phi) is 6.11. The van der Waals surface area contributed by atoms with Crippen LogP contribution >= 0.6 is 0 Å². The van der Waals surface area contributed by atoms with E-state index in [9.17, 15) is 13.2 Å². The highest BCUT2D eigenvalue weighted by Gasteiger charge is 2.17. The third-order valence-corrected chi connectivity index (χ3v) is 5.35. The second-order valence-corrected chi connectivity index (χ2v) is 7.73. The van der Waals surface area contributed by atoms with Gasteiger partial charge >= 0.3 is 5.97 Å². The van der Waals surface area contributed by atoms with Crippen LogP contribution in [-0.2, 0) is 32.6 Å². The molecule has 0 unspecified atom stereocenters. The topological polar surface area (TPSA) is 63.7 Å². The Morgan fingerprint density at radius 2 is 1.67 bits per heavy atom. The molecule has 2 rings (SSSR count). The quantitative estimate of drug-likeness (QED) is 0.722. The second kappa shape index (κ2) is 8.08. The molecule has 2 aromatic carbocycles. The number of nitrogens with zero attached hydrogens (tertiary/aromatic N) is 1. The fraction of sp³-hybridized carbons (Fsp3) is 0.278. The minimum absolute atomic E-state index is 0.0599. The van der Waals surface area contributed by atoms with Gasteiger partial charge < -0.3 is 4.74 Å². The molecule has 0 spiro atoms. The maximum Gasteiger partial charge on any atom is 0.306 e. The number of ether oxygens (including phenoxy) is 1. The van der Waals surface area contributed by atoms with Crippen molar-refractivity contribution in [2.45, 2.75) is 24.3 Å². The summed E-state index contributed by atoms with van der Waals surface area (Å²) in [6.07, 6.45) is 0.911. The van der Waals surface area contributed by atoms with Crippen LogP contribution in [-0.4, -0.2) is 32.8 Å². The van der Waals surface area contributed by atoms with Crippen molar-refractivity contribution in [3.05, 3.63) is 65.7 Å². The molecule has 24 heavy (non-hydrogen) atoms. The van der Waals surface area contributed by atoms with Crippen LogP contribution in [0, 0.1) is 0 Å². The van der Waals surface area contributed by atoms with E-state index < -0.39 is 10.0 Å². The number of aryl methyl sites for hydroxylation is 1. The molecule has 6 heteroatoms. The lowest BCUT2D eigenvalue weighted by Gasteiger charge is -2.12. The Bertz CT molecular complexity index is 786. The molecule has 128 valence electrons. The van der Waals surface area contributed by atoms with E-state index >= 15 is 0 Å². The van der Waals surface area contributed by atoms with E-state index in [-0.39, 0.29) is 17.5 Å². The average molecular weight is 347 g/mol. The van der Waals surface area contributed by atoms with Crippen LogP contribution in [0.5, 0.6) is 0 Å². The van der Waals surface area contributed by atoms with E-state index in [1.165, 1.54) is 26.2 Å². The van der Waals surface area contributed by atoms with Crippen molar-refractivity contribution in [1.82, 2.24) is 4.31 Å². The van der Waals surface area contributed by atoms with Crippen LogP contribution < -0.4 is 0 Å². The van der Waals surface area contributed by atoms with Crippen molar-refractivity contribution >= 4 is 16.0 Å². The predicted octanol–water partition coefficient (Wildman–Crippen LogP) is 2.61. The van der Waals surface area contributed by atoms with E-state index in [4.69, 9.17) is 4.74 Å². The summed E-state index contributed by atoms with van der Waals surface area (Å²) in [5, 5.41) is 0. The first-order chi connectivity index (χ1) is 11.4. The second-order valence-electron chi connectivity index (χ2n) is 5.58. The summed E-state index contributed by atoms with van der Waals surface area (Å²) in [6, 6.07) is 16.1. The van der Waals surface area contributed by atoms with E-state index in [2.05, 4.69) is 0 Å². The molecule has 0 saturated heterocycles. The zero-order valence-corrected chi connectivity index (χ0v) is 14.6. The lowest BCUT2D eigenvalue weighted by Crippen LogP contribution is -2.22. The Hall–Kier alpha value is -2.18. The number of sulfonamides is 1. The molecule has 0 amide bonds. The van der Waals surface area contributed by atoms with Crippen LogP contribution in [0.1, 0.15) is 17.5 Å². The number of benzene rings is 2. The third-order valence-electron chi connectivity index (χ3n) is 3.54. The molecule has 5 nitrogen and oxygen atoms in total. The molecule has 0 fully saturated rings. The highest BCUT2D eigenvalue weighted by atomic mass is 32.2. The summed E-state index contributed by atoms with van der Waals surface area (Å²) >= 11 is 0. The van der Waals surface area contributed by atoms with Gasteiger partial charge in [0.25, 0.3) is 0 Å². The van der Waals surface area contributed by atoms with Crippen molar-refractivity contribution in [1.29, 1.82) is 0 Å². The van der Waals surface area contributed by atoms with Crippen LogP contribution in [0.4, 0.5) is 0 Å². The molecular weight excluding hydrogens is 326 g/mol. The van der Waals surface area contributed by atoms with Gasteiger partial charge in [0.1, 0.15) is 6.61 Å². The van der Waals surface area contributed by atoms with Gasteiger partial charge in [0.2, 0.25) is 10.0 Å². The predicted molar refractivity (Wildman–Crippen MR) is 91.9 cm³/mol. The molecule has 0 aliphatic carbocycles. The minimum Gasteiger partial charge on any atom is -0.461 e. The Balaban J connectivity index is 1.91. The molecule has 2 aromatic rings. The molecule has 0 aliphatic rings. The van der Waals surface area contributed by atoms with E-state index in [1.54, 1.807) is 12.1 Å². The van der Waals surface area contributed by atoms with Gasteiger partial charge in [0.15, 0.2) is 0 Å². The van der Waals surface area contributed by atoms with Gasteiger partial charge in [-0.05, 0) is 29.7 Å². The fourth-order valence-corrected chi connectivity index (χ4v) is 3.11. The van der Waals surface area contributed by atoms with Crippen LogP contribution in [0.2, 0.25) is 0 Å².